The van der Waals surface area contributed by atoms with Crippen LogP contribution in [0.25, 0.3) is 0 Å². The Hall–Kier alpha value is 0.480. The topological polar surface area (TPSA) is 0 Å². The summed E-state index contributed by atoms with van der Waals surface area (Å²) in [5.74, 6) is 2.94. The van der Waals surface area contributed by atoms with Crippen LogP contribution in [0.2, 0.25) is 0 Å². The van der Waals surface area contributed by atoms with Gasteiger partial charge in [-0.05, 0) is 24.2 Å². The summed E-state index contributed by atoms with van der Waals surface area (Å²) >= 11 is 4.01. The number of hydrogen-bond acceptors (Lipinski definition) is 0. The first kappa shape index (κ1) is 13.9. The predicted molar refractivity (Wildman–Crippen MR) is 79.6 cm³/mol. The fourth-order valence-corrected chi connectivity index (χ4v) is 4.87. The first-order chi connectivity index (χ1) is 8.27. The molecular formula is C16H29Br. The van der Waals surface area contributed by atoms with E-state index in [0.717, 1.165) is 22.6 Å². The molecule has 0 aliphatic heterocycles. The van der Waals surface area contributed by atoms with Gasteiger partial charge >= 0.3 is 0 Å². The summed E-state index contributed by atoms with van der Waals surface area (Å²) in [6.07, 6.45) is 16.3. The van der Waals surface area contributed by atoms with Gasteiger partial charge in [-0.1, -0.05) is 87.1 Å². The minimum atomic E-state index is 0.786. The molecule has 0 saturated heterocycles. The zero-order valence-corrected chi connectivity index (χ0v) is 13.1. The lowest BCUT2D eigenvalue weighted by molar-refractivity contribution is 0.235. The third-order valence-corrected chi connectivity index (χ3v) is 6.45. The molecule has 0 N–H and O–H groups in total. The van der Waals surface area contributed by atoms with E-state index in [2.05, 4.69) is 22.9 Å². The summed E-state index contributed by atoms with van der Waals surface area (Å²) in [7, 11) is 0. The molecule has 2 aliphatic carbocycles. The molecule has 2 rings (SSSR count). The van der Waals surface area contributed by atoms with Crippen LogP contribution in [-0.4, -0.2) is 4.83 Å². The molecule has 0 nitrogen and oxygen atoms in total. The Morgan fingerprint density at radius 2 is 1.41 bits per heavy atom. The van der Waals surface area contributed by atoms with E-state index in [1.807, 2.05) is 0 Å². The van der Waals surface area contributed by atoms with Gasteiger partial charge in [0, 0.05) is 4.83 Å². The zero-order valence-electron chi connectivity index (χ0n) is 11.5. The number of hydrogen-bond donors (Lipinski definition) is 0. The Kier molecular flexibility index (Phi) is 5.86. The lowest BCUT2D eigenvalue weighted by atomic mass is 9.76. The van der Waals surface area contributed by atoms with E-state index in [4.69, 9.17) is 0 Å². The molecule has 17 heavy (non-hydrogen) atoms. The van der Waals surface area contributed by atoms with Crippen molar-refractivity contribution in [1.82, 2.24) is 0 Å². The van der Waals surface area contributed by atoms with E-state index >= 15 is 0 Å². The Balaban J connectivity index is 1.75. The van der Waals surface area contributed by atoms with Crippen molar-refractivity contribution in [2.24, 2.45) is 17.8 Å². The van der Waals surface area contributed by atoms with Crippen molar-refractivity contribution < 1.29 is 0 Å². The van der Waals surface area contributed by atoms with E-state index in [0.29, 0.717) is 0 Å². The maximum Gasteiger partial charge on any atom is 0.0176 e. The van der Waals surface area contributed by atoms with Crippen molar-refractivity contribution in [3.63, 3.8) is 0 Å². The van der Waals surface area contributed by atoms with E-state index in [1.54, 1.807) is 0 Å². The highest BCUT2D eigenvalue weighted by Crippen LogP contribution is 2.38. The third kappa shape index (κ3) is 4.26. The molecule has 0 radical (unpaired) electrons. The maximum atomic E-state index is 4.01. The molecule has 100 valence electrons. The van der Waals surface area contributed by atoms with Crippen molar-refractivity contribution in [3.8, 4) is 0 Å². The van der Waals surface area contributed by atoms with Crippen molar-refractivity contribution in [2.75, 3.05) is 0 Å². The summed E-state index contributed by atoms with van der Waals surface area (Å²) in [6, 6.07) is 0. The summed E-state index contributed by atoms with van der Waals surface area (Å²) < 4.78 is 0. The monoisotopic (exact) mass is 300 g/mol. The number of rotatable bonds is 4. The van der Waals surface area contributed by atoms with Gasteiger partial charge in [0.05, 0.1) is 0 Å². The van der Waals surface area contributed by atoms with Gasteiger partial charge in [-0.25, -0.2) is 0 Å². The van der Waals surface area contributed by atoms with Gasteiger partial charge in [-0.2, -0.15) is 0 Å². The highest BCUT2D eigenvalue weighted by Gasteiger charge is 2.27. The van der Waals surface area contributed by atoms with Gasteiger partial charge in [-0.15, -0.1) is 0 Å². The summed E-state index contributed by atoms with van der Waals surface area (Å²) in [6.45, 7) is 2.50. The number of alkyl halides is 1. The molecule has 0 aromatic carbocycles. The van der Waals surface area contributed by atoms with Gasteiger partial charge in [-0.3, -0.25) is 0 Å². The van der Waals surface area contributed by atoms with E-state index < -0.39 is 0 Å². The molecule has 0 aromatic rings. The molecule has 2 fully saturated rings. The second-order valence-corrected chi connectivity index (χ2v) is 7.69. The van der Waals surface area contributed by atoms with Gasteiger partial charge in [0.25, 0.3) is 0 Å². The Morgan fingerprint density at radius 1 is 0.882 bits per heavy atom. The molecule has 0 spiro atoms. The Labute approximate surface area is 116 Å². The first-order valence-corrected chi connectivity index (χ1v) is 8.83. The van der Waals surface area contributed by atoms with Gasteiger partial charge in [0.2, 0.25) is 0 Å². The van der Waals surface area contributed by atoms with Crippen LogP contribution in [0.15, 0.2) is 0 Å². The Morgan fingerprint density at radius 3 is 2.00 bits per heavy atom. The van der Waals surface area contributed by atoms with Crippen LogP contribution in [0.3, 0.4) is 0 Å². The van der Waals surface area contributed by atoms with Crippen molar-refractivity contribution in [2.45, 2.75) is 82.4 Å². The van der Waals surface area contributed by atoms with Crippen LogP contribution in [0.4, 0.5) is 0 Å². The molecule has 2 atom stereocenters. The highest BCUT2D eigenvalue weighted by molar-refractivity contribution is 9.09. The normalized spacial score (nSPS) is 27.9. The van der Waals surface area contributed by atoms with Crippen LogP contribution in [-0.2, 0) is 0 Å². The maximum absolute atomic E-state index is 4.01. The fraction of sp³-hybridized carbons (Fsp3) is 1.00. The summed E-state index contributed by atoms with van der Waals surface area (Å²) in [5.41, 5.74) is 0. The second-order valence-electron chi connectivity index (χ2n) is 6.51. The first-order valence-electron chi connectivity index (χ1n) is 7.91. The molecule has 0 bridgehead atoms. The van der Waals surface area contributed by atoms with E-state index in [9.17, 15) is 0 Å². The van der Waals surface area contributed by atoms with Crippen LogP contribution in [0.5, 0.6) is 0 Å². The second kappa shape index (κ2) is 7.16. The van der Waals surface area contributed by atoms with Gasteiger partial charge in [0.1, 0.15) is 0 Å². The largest absolute Gasteiger partial charge is 0.0888 e. The molecule has 2 aliphatic rings. The standard InChI is InChI=1S/C16H29Br/c1-13(15-10-6-3-7-11-15)16(17)12-14-8-4-2-5-9-14/h13-16H,2-12H2,1H3. The average molecular weight is 301 g/mol. The predicted octanol–water partition coefficient (Wildman–Crippen LogP) is 5.94. The quantitative estimate of drug-likeness (QED) is 0.564. The summed E-state index contributed by atoms with van der Waals surface area (Å²) in [5, 5.41) is 0. The zero-order chi connectivity index (χ0) is 12.1. The molecule has 1 heteroatoms. The number of halogens is 1. The molecule has 0 amide bonds. The minimum absolute atomic E-state index is 0.786. The van der Waals surface area contributed by atoms with E-state index in [-0.39, 0.29) is 0 Å². The van der Waals surface area contributed by atoms with Crippen LogP contribution >= 0.6 is 15.9 Å². The van der Waals surface area contributed by atoms with Crippen LogP contribution < -0.4 is 0 Å². The lowest BCUT2D eigenvalue weighted by Gasteiger charge is -2.33. The van der Waals surface area contributed by atoms with Crippen LogP contribution in [0, 0.1) is 17.8 Å². The molecule has 0 heterocycles. The molecule has 0 aromatic heterocycles. The molecule has 2 saturated carbocycles. The van der Waals surface area contributed by atoms with Crippen molar-refractivity contribution in [3.05, 3.63) is 0 Å². The van der Waals surface area contributed by atoms with Crippen LogP contribution in [0.1, 0.15) is 77.6 Å². The molecule has 2 unspecified atom stereocenters. The minimum Gasteiger partial charge on any atom is -0.0888 e. The molecular weight excluding hydrogens is 272 g/mol. The highest BCUT2D eigenvalue weighted by atomic mass is 79.9. The Bertz CT molecular complexity index is 202. The smallest absolute Gasteiger partial charge is 0.0176 e. The third-order valence-electron chi connectivity index (χ3n) is 5.25. The van der Waals surface area contributed by atoms with Crippen molar-refractivity contribution in [1.29, 1.82) is 0 Å². The lowest BCUT2D eigenvalue weighted by Crippen LogP contribution is -2.25. The average Bonchev–Trinajstić information content (AvgIpc) is 2.40. The van der Waals surface area contributed by atoms with Gasteiger partial charge in [0.15, 0.2) is 0 Å². The van der Waals surface area contributed by atoms with E-state index in [1.165, 1.54) is 70.6 Å². The fourth-order valence-electron chi connectivity index (χ4n) is 3.91. The van der Waals surface area contributed by atoms with Gasteiger partial charge < -0.3 is 0 Å². The van der Waals surface area contributed by atoms with Crippen molar-refractivity contribution >= 4 is 15.9 Å². The SMILES string of the molecule is CC(C(Br)CC1CCCCC1)C1CCCCC1. The summed E-state index contributed by atoms with van der Waals surface area (Å²) in [4.78, 5) is 0.786.